The number of carbonyl (C=O) groups excluding carboxylic acids is 4. The molecule has 0 saturated carbocycles. The number of benzene rings is 4. The van der Waals surface area contributed by atoms with Crippen LogP contribution in [-0.4, -0.2) is 86.9 Å². The summed E-state index contributed by atoms with van der Waals surface area (Å²) in [5, 5.41) is 37.1. The summed E-state index contributed by atoms with van der Waals surface area (Å²) >= 11 is 42.1. The van der Waals surface area contributed by atoms with E-state index in [4.69, 9.17) is 87.3 Å². The summed E-state index contributed by atoms with van der Waals surface area (Å²) in [6, 6.07) is 21.6. The van der Waals surface area contributed by atoms with Crippen molar-refractivity contribution in [3.05, 3.63) is 114 Å². The van der Waals surface area contributed by atoms with E-state index in [1.807, 2.05) is 50.2 Å². The fourth-order valence-electron chi connectivity index (χ4n) is 6.65. The van der Waals surface area contributed by atoms with Crippen molar-refractivity contribution in [1.82, 2.24) is 40.8 Å². The van der Waals surface area contributed by atoms with Crippen molar-refractivity contribution in [3.63, 3.8) is 0 Å². The van der Waals surface area contributed by atoms with E-state index in [0.29, 0.717) is 111 Å². The van der Waals surface area contributed by atoms with Gasteiger partial charge in [0.15, 0.2) is 0 Å². The molecule has 4 heterocycles. The van der Waals surface area contributed by atoms with Crippen molar-refractivity contribution in [3.8, 4) is 45.8 Å². The summed E-state index contributed by atoms with van der Waals surface area (Å²) in [5.74, 6) is 5.66. The third kappa shape index (κ3) is 24.8. The molecule has 0 N–H and O–H groups in total. The lowest BCUT2D eigenvalue weighted by Gasteiger charge is -2.00. The number of thioether (sulfide) groups is 4. The standard InChI is InChI=1S/C15H17ClN2O2S.C14H14Cl2N2O2S.C14H15ClN2O2S.C13H12Cl2N2O2S/c1-10-6-7-12(13(16)9-10)14-17-18-15(20-14)21-8-4-3-5-11(2)19;1-9(19)4-2-3-7-21-14-18-17-13(20-14)11-6-5-10(15)8-12(11)16;1-9-5-6-11(12(15)8-9)13-16-17-14(19-13)20-7-3-4-10(2)18;1-8(18)3-2-6-20-13-17-16-12(19-13)10-5-4-9(14)7-11(10)15/h6-7,9H,3-5,8H2,1-2H3;5-6,8H,2-4,7H2,1H3;5-6,8H,3-4,7H2,1-2H3;4-5,7H,2-3,6H2,1H3. The Hall–Kier alpha value is -4.74. The van der Waals surface area contributed by atoms with Gasteiger partial charge in [0.05, 0.1) is 42.3 Å². The van der Waals surface area contributed by atoms with Gasteiger partial charge in [-0.05, 0) is 152 Å². The highest BCUT2D eigenvalue weighted by Gasteiger charge is 2.17. The number of carbonyl (C=O) groups is 4. The van der Waals surface area contributed by atoms with Crippen molar-refractivity contribution < 1.29 is 36.8 Å². The molecule has 82 heavy (non-hydrogen) atoms. The largest absolute Gasteiger partial charge is 0.411 e. The molecular formula is C56H58Cl6N8O8S4. The number of nitrogens with zero attached hydrogens (tertiary/aromatic N) is 8. The molecule has 26 heteroatoms. The van der Waals surface area contributed by atoms with Crippen molar-refractivity contribution in [1.29, 1.82) is 0 Å². The Labute approximate surface area is 522 Å². The quantitative estimate of drug-likeness (QED) is 0.0363. The number of hydrogen-bond acceptors (Lipinski definition) is 20. The molecule has 4 aromatic heterocycles. The van der Waals surface area contributed by atoms with Crippen LogP contribution in [-0.2, 0) is 19.2 Å². The number of Topliss-reactive ketones (excluding diaryl/α,β-unsaturated/α-hetero) is 4. The Kier molecular flexibility index (Phi) is 30.0. The van der Waals surface area contributed by atoms with Crippen LogP contribution in [0.2, 0.25) is 30.1 Å². The first kappa shape index (κ1) is 68.0. The highest BCUT2D eigenvalue weighted by atomic mass is 35.5. The first-order chi connectivity index (χ1) is 39.2. The number of rotatable bonds is 26. The summed E-state index contributed by atoms with van der Waals surface area (Å²) in [4.78, 5) is 43.3. The summed E-state index contributed by atoms with van der Waals surface area (Å²) in [5.41, 5.74) is 4.97. The molecule has 16 nitrogen and oxygen atoms in total. The number of aromatic nitrogens is 8. The predicted octanol–water partition coefficient (Wildman–Crippen LogP) is 18.1. The zero-order chi connectivity index (χ0) is 59.6. The van der Waals surface area contributed by atoms with Gasteiger partial charge in [-0.15, -0.1) is 40.8 Å². The second-order valence-corrected chi connectivity index (χ2v) is 24.7. The molecule has 0 aliphatic heterocycles. The van der Waals surface area contributed by atoms with E-state index in [9.17, 15) is 19.2 Å². The summed E-state index contributed by atoms with van der Waals surface area (Å²) in [6.45, 7) is 10.3. The smallest absolute Gasteiger partial charge is 0.276 e. The summed E-state index contributed by atoms with van der Waals surface area (Å²) in [7, 11) is 0. The maximum Gasteiger partial charge on any atom is 0.276 e. The minimum atomic E-state index is 0.185. The van der Waals surface area contributed by atoms with E-state index in [2.05, 4.69) is 40.8 Å². The van der Waals surface area contributed by atoms with Gasteiger partial charge >= 0.3 is 0 Å². The monoisotopic (exact) mass is 1310 g/mol. The summed E-state index contributed by atoms with van der Waals surface area (Å²) in [6.07, 6.45) is 7.66. The van der Waals surface area contributed by atoms with Crippen LogP contribution in [0.15, 0.2) is 111 Å². The third-order valence-electron chi connectivity index (χ3n) is 10.8. The second-order valence-electron chi connectivity index (χ2n) is 18.0. The Balaban J connectivity index is 0.000000200. The molecular weight excluding hydrogens is 1250 g/mol. The van der Waals surface area contributed by atoms with Crippen LogP contribution in [0.5, 0.6) is 0 Å². The van der Waals surface area contributed by atoms with Crippen molar-refractivity contribution in [2.75, 3.05) is 23.0 Å². The van der Waals surface area contributed by atoms with Gasteiger partial charge in [-0.1, -0.05) is 129 Å². The Morgan fingerprint density at radius 3 is 0.878 bits per heavy atom. The number of halogens is 6. The molecule has 8 aromatic rings. The Morgan fingerprint density at radius 2 is 0.610 bits per heavy atom. The fourth-order valence-corrected chi connectivity index (χ4v) is 11.2. The van der Waals surface area contributed by atoms with Gasteiger partial charge in [0.25, 0.3) is 20.9 Å². The first-order valence-corrected chi connectivity index (χ1v) is 31.7. The van der Waals surface area contributed by atoms with Crippen molar-refractivity contribution in [2.45, 2.75) is 127 Å². The Bertz CT molecular complexity index is 3140. The van der Waals surface area contributed by atoms with Crippen LogP contribution >= 0.6 is 117 Å². The lowest BCUT2D eigenvalue weighted by atomic mass is 10.1. The topological polar surface area (TPSA) is 224 Å². The van der Waals surface area contributed by atoms with Crippen LogP contribution in [0.1, 0.15) is 103 Å². The van der Waals surface area contributed by atoms with Gasteiger partial charge in [-0.25, -0.2) is 0 Å². The average molecular weight is 1310 g/mol. The number of ketones is 4. The lowest BCUT2D eigenvalue weighted by Crippen LogP contribution is -1.90. The van der Waals surface area contributed by atoms with E-state index < -0.39 is 0 Å². The summed E-state index contributed by atoms with van der Waals surface area (Å²) < 4.78 is 22.3. The molecule has 436 valence electrons. The molecule has 0 unspecified atom stereocenters. The number of unbranched alkanes of at least 4 members (excludes halogenated alkanes) is 2. The van der Waals surface area contributed by atoms with Gasteiger partial charge in [0.2, 0.25) is 23.6 Å². The van der Waals surface area contributed by atoms with Crippen molar-refractivity contribution in [2.24, 2.45) is 0 Å². The minimum Gasteiger partial charge on any atom is -0.411 e. The van der Waals surface area contributed by atoms with Crippen LogP contribution < -0.4 is 0 Å². The SMILES string of the molecule is CC(=O)CCCCSc1nnc(-c2ccc(C)cc2Cl)o1.CC(=O)CCCCSc1nnc(-c2ccc(Cl)cc2Cl)o1.CC(=O)CCCSc1nnc(-c2ccc(C)cc2Cl)o1.CC(=O)CCCSc1nnc(-c2ccc(Cl)cc2Cl)o1. The normalized spacial score (nSPS) is 10.8. The van der Waals surface area contributed by atoms with Gasteiger partial charge in [-0.3, -0.25) is 0 Å². The molecule has 0 atom stereocenters. The van der Waals surface area contributed by atoms with E-state index >= 15 is 0 Å². The zero-order valence-corrected chi connectivity index (χ0v) is 53.4. The van der Waals surface area contributed by atoms with Crippen LogP contribution in [0, 0.1) is 13.8 Å². The molecule has 8 rings (SSSR count). The van der Waals surface area contributed by atoms with Crippen LogP contribution in [0.3, 0.4) is 0 Å². The molecule has 0 radical (unpaired) electrons. The third-order valence-corrected chi connectivity index (χ3v) is 16.1. The first-order valence-electron chi connectivity index (χ1n) is 25.5. The lowest BCUT2D eigenvalue weighted by molar-refractivity contribution is -0.117. The average Bonchev–Trinajstić information content (AvgIpc) is 4.36. The van der Waals surface area contributed by atoms with E-state index in [1.54, 1.807) is 64.1 Å². The van der Waals surface area contributed by atoms with E-state index in [1.165, 1.54) is 47.0 Å². The molecule has 4 aromatic carbocycles. The molecule has 0 amide bonds. The maximum absolute atomic E-state index is 10.8. The second kappa shape index (κ2) is 36.2. The Morgan fingerprint density at radius 1 is 0.354 bits per heavy atom. The van der Waals surface area contributed by atoms with Crippen LogP contribution in [0.4, 0.5) is 0 Å². The highest BCUT2D eigenvalue weighted by Crippen LogP contribution is 2.35. The molecule has 0 aliphatic carbocycles. The van der Waals surface area contributed by atoms with Gasteiger partial charge < -0.3 is 36.8 Å². The van der Waals surface area contributed by atoms with E-state index in [0.717, 1.165) is 83.8 Å². The fraction of sp³-hybridized carbons (Fsp3) is 0.357. The minimum absolute atomic E-state index is 0.185. The molecule has 0 bridgehead atoms. The molecule has 0 aliphatic rings. The van der Waals surface area contributed by atoms with Crippen LogP contribution in [0.25, 0.3) is 45.8 Å². The molecule has 0 fully saturated rings. The number of hydrogen-bond donors (Lipinski definition) is 0. The zero-order valence-electron chi connectivity index (χ0n) is 45.6. The van der Waals surface area contributed by atoms with Crippen molar-refractivity contribution >= 4 is 140 Å². The predicted molar refractivity (Wildman–Crippen MR) is 330 cm³/mol. The van der Waals surface area contributed by atoms with Gasteiger partial charge in [0, 0.05) is 58.7 Å². The molecule has 0 spiro atoms. The maximum atomic E-state index is 10.8. The van der Waals surface area contributed by atoms with Gasteiger partial charge in [0.1, 0.15) is 23.1 Å². The number of aryl methyl sites for hydroxylation is 2. The highest BCUT2D eigenvalue weighted by molar-refractivity contribution is 7.99. The molecule has 0 saturated heterocycles. The van der Waals surface area contributed by atoms with E-state index in [-0.39, 0.29) is 23.1 Å². The van der Waals surface area contributed by atoms with Gasteiger partial charge in [-0.2, -0.15) is 0 Å².